The lowest BCUT2D eigenvalue weighted by Gasteiger charge is -2.28. The van der Waals surface area contributed by atoms with Crippen molar-refractivity contribution in [2.24, 2.45) is 5.10 Å². The number of hydrogen-bond donors (Lipinski definition) is 2. The monoisotopic (exact) mass is 371 g/mol. The summed E-state index contributed by atoms with van der Waals surface area (Å²) in [5.74, 6) is 0. The summed E-state index contributed by atoms with van der Waals surface area (Å²) in [6.45, 7) is 0.522. The van der Waals surface area contributed by atoms with Crippen molar-refractivity contribution >= 4 is 23.2 Å². The molecule has 1 aliphatic heterocycles. The van der Waals surface area contributed by atoms with Gasteiger partial charge in [-0.15, -0.1) is 0 Å². The fourth-order valence-corrected chi connectivity index (χ4v) is 3.53. The van der Waals surface area contributed by atoms with Crippen LogP contribution in [-0.2, 0) is 6.42 Å². The summed E-state index contributed by atoms with van der Waals surface area (Å²) >= 11 is 0. The number of carbonyl (C=O) groups is 1. The Bertz CT molecular complexity index is 959. The van der Waals surface area contributed by atoms with Crippen molar-refractivity contribution in [3.63, 3.8) is 0 Å². The van der Waals surface area contributed by atoms with E-state index in [4.69, 9.17) is 5.10 Å². The van der Waals surface area contributed by atoms with Gasteiger partial charge in [-0.1, -0.05) is 66.7 Å². The highest BCUT2D eigenvalue weighted by Crippen LogP contribution is 2.33. The summed E-state index contributed by atoms with van der Waals surface area (Å²) < 4.78 is 0. The van der Waals surface area contributed by atoms with Gasteiger partial charge in [0.2, 0.25) is 0 Å². The third-order valence-corrected chi connectivity index (χ3v) is 4.86. The molecule has 0 bridgehead atoms. The predicted octanol–water partition coefficient (Wildman–Crippen LogP) is 4.98. The molecule has 0 atom stereocenters. The van der Waals surface area contributed by atoms with Crippen molar-refractivity contribution in [3.05, 3.63) is 95.6 Å². The number of nitrogens with one attached hydrogen (secondary N) is 1. The molecule has 0 aromatic heterocycles. The topological polar surface area (TPSA) is 64.9 Å². The van der Waals surface area contributed by atoms with Crippen LogP contribution in [-0.4, -0.2) is 23.5 Å². The molecule has 3 aromatic carbocycles. The molecule has 0 aliphatic carbocycles. The smallest absolute Gasteiger partial charge is 0.411 e. The number of rotatable bonds is 4. The largest absolute Gasteiger partial charge is 0.465 e. The number of anilines is 2. The van der Waals surface area contributed by atoms with Crippen LogP contribution in [0.5, 0.6) is 0 Å². The number of amides is 1. The van der Waals surface area contributed by atoms with Gasteiger partial charge in [0.25, 0.3) is 0 Å². The van der Waals surface area contributed by atoms with Crippen molar-refractivity contribution < 1.29 is 9.90 Å². The van der Waals surface area contributed by atoms with Crippen molar-refractivity contribution in [2.75, 3.05) is 16.9 Å². The number of benzene rings is 3. The summed E-state index contributed by atoms with van der Waals surface area (Å²) in [5, 5.41) is 14.2. The zero-order chi connectivity index (χ0) is 19.3. The molecule has 1 heterocycles. The van der Waals surface area contributed by atoms with Crippen molar-refractivity contribution in [1.82, 2.24) is 0 Å². The first-order valence-corrected chi connectivity index (χ1v) is 9.31. The molecule has 1 aliphatic rings. The van der Waals surface area contributed by atoms with Gasteiger partial charge in [-0.3, -0.25) is 10.3 Å². The van der Waals surface area contributed by atoms with Gasteiger partial charge < -0.3 is 5.11 Å². The number of hydrogen-bond acceptors (Lipinski definition) is 3. The lowest BCUT2D eigenvalue weighted by Crippen LogP contribution is -2.34. The molecule has 0 radical (unpaired) electrons. The molecule has 3 aromatic rings. The summed E-state index contributed by atoms with van der Waals surface area (Å²) in [4.78, 5) is 12.9. The van der Waals surface area contributed by atoms with Crippen LogP contribution < -0.4 is 10.3 Å². The quantitative estimate of drug-likeness (QED) is 0.502. The van der Waals surface area contributed by atoms with Crippen molar-refractivity contribution in [1.29, 1.82) is 0 Å². The fraction of sp³-hybridized carbons (Fsp3) is 0.130. The number of carboxylic acid groups (broad SMARTS) is 1. The Kier molecular flexibility index (Phi) is 5.06. The molecule has 140 valence electrons. The van der Waals surface area contributed by atoms with E-state index < -0.39 is 6.09 Å². The van der Waals surface area contributed by atoms with E-state index in [-0.39, 0.29) is 0 Å². The Morgan fingerprint density at radius 1 is 0.893 bits per heavy atom. The predicted molar refractivity (Wildman–Crippen MR) is 112 cm³/mol. The van der Waals surface area contributed by atoms with E-state index in [1.54, 1.807) is 0 Å². The first-order chi connectivity index (χ1) is 13.7. The van der Waals surface area contributed by atoms with Crippen LogP contribution in [0.15, 0.2) is 84.0 Å². The average molecular weight is 371 g/mol. The molecule has 28 heavy (non-hydrogen) atoms. The molecular weight excluding hydrogens is 350 g/mol. The van der Waals surface area contributed by atoms with Gasteiger partial charge >= 0.3 is 6.09 Å². The van der Waals surface area contributed by atoms with Crippen LogP contribution in [0.2, 0.25) is 0 Å². The first kappa shape index (κ1) is 17.8. The summed E-state index contributed by atoms with van der Waals surface area (Å²) in [5.41, 5.74) is 8.62. The van der Waals surface area contributed by atoms with E-state index in [1.165, 1.54) is 4.90 Å². The molecule has 0 fully saturated rings. The van der Waals surface area contributed by atoms with Crippen molar-refractivity contribution in [2.45, 2.75) is 12.8 Å². The average Bonchev–Trinajstić information content (AvgIpc) is 2.75. The van der Waals surface area contributed by atoms with Gasteiger partial charge in [0.15, 0.2) is 0 Å². The van der Waals surface area contributed by atoms with Crippen LogP contribution in [0.3, 0.4) is 0 Å². The number of nitrogens with zero attached hydrogens (tertiary/aromatic N) is 2. The Morgan fingerprint density at radius 2 is 1.54 bits per heavy atom. The Hall–Kier alpha value is -3.60. The Balaban J connectivity index is 1.72. The van der Waals surface area contributed by atoms with Crippen LogP contribution in [0.25, 0.3) is 0 Å². The van der Waals surface area contributed by atoms with E-state index in [0.29, 0.717) is 6.54 Å². The standard InChI is InChI=1S/C23H21N3O2/c27-23(28)26-16-8-13-19-20(14-7-15-21(19)26)24-25-22(17-9-3-1-4-10-17)18-11-5-2-6-12-18/h1-7,9-12,14-15,24H,8,13,16H2,(H,27,28). The number of fused-ring (bicyclic) bond motifs is 1. The maximum Gasteiger partial charge on any atom is 0.411 e. The second kappa shape index (κ2) is 7.96. The second-order valence-electron chi connectivity index (χ2n) is 6.65. The van der Waals surface area contributed by atoms with E-state index in [2.05, 4.69) is 5.43 Å². The minimum atomic E-state index is -0.920. The van der Waals surface area contributed by atoms with Gasteiger partial charge in [-0.2, -0.15) is 5.10 Å². The zero-order valence-corrected chi connectivity index (χ0v) is 15.4. The van der Waals surface area contributed by atoms with E-state index in [9.17, 15) is 9.90 Å². The van der Waals surface area contributed by atoms with E-state index >= 15 is 0 Å². The highest BCUT2D eigenvalue weighted by atomic mass is 16.4. The molecule has 0 saturated carbocycles. The molecule has 1 amide bonds. The van der Waals surface area contributed by atoms with Gasteiger partial charge in [-0.05, 0) is 25.0 Å². The van der Waals surface area contributed by atoms with Crippen LogP contribution in [0.4, 0.5) is 16.2 Å². The highest BCUT2D eigenvalue weighted by Gasteiger charge is 2.23. The maximum atomic E-state index is 11.5. The molecule has 5 heteroatoms. The molecule has 5 nitrogen and oxygen atoms in total. The summed E-state index contributed by atoms with van der Waals surface area (Å²) in [7, 11) is 0. The minimum absolute atomic E-state index is 0.522. The van der Waals surface area contributed by atoms with Gasteiger partial charge in [0.05, 0.1) is 17.1 Å². The summed E-state index contributed by atoms with van der Waals surface area (Å²) in [6.07, 6.45) is 0.700. The van der Waals surface area contributed by atoms with Crippen LogP contribution in [0, 0.1) is 0 Å². The SMILES string of the molecule is O=C(O)N1CCCc2c(NN=C(c3ccccc3)c3ccccc3)cccc21. The second-order valence-corrected chi connectivity index (χ2v) is 6.65. The first-order valence-electron chi connectivity index (χ1n) is 9.31. The maximum absolute atomic E-state index is 11.5. The molecule has 4 rings (SSSR count). The highest BCUT2D eigenvalue weighted by molar-refractivity contribution is 6.13. The van der Waals surface area contributed by atoms with Crippen LogP contribution >= 0.6 is 0 Å². The van der Waals surface area contributed by atoms with E-state index in [0.717, 1.165) is 46.6 Å². The lowest BCUT2D eigenvalue weighted by atomic mass is 10.00. The van der Waals surface area contributed by atoms with Gasteiger partial charge in [0.1, 0.15) is 0 Å². The minimum Gasteiger partial charge on any atom is -0.465 e. The summed E-state index contributed by atoms with van der Waals surface area (Å²) in [6, 6.07) is 25.7. The third kappa shape index (κ3) is 3.60. The van der Waals surface area contributed by atoms with E-state index in [1.807, 2.05) is 78.9 Å². The molecule has 0 unspecified atom stereocenters. The lowest BCUT2D eigenvalue weighted by molar-refractivity contribution is 0.201. The Morgan fingerprint density at radius 3 is 2.14 bits per heavy atom. The molecule has 0 spiro atoms. The van der Waals surface area contributed by atoms with Crippen LogP contribution in [0.1, 0.15) is 23.1 Å². The normalized spacial score (nSPS) is 12.8. The fourth-order valence-electron chi connectivity index (χ4n) is 3.53. The van der Waals surface area contributed by atoms with Crippen molar-refractivity contribution in [3.8, 4) is 0 Å². The molecule has 0 saturated heterocycles. The molecular formula is C23H21N3O2. The van der Waals surface area contributed by atoms with Gasteiger partial charge in [0, 0.05) is 23.2 Å². The number of hydrazone groups is 1. The third-order valence-electron chi connectivity index (χ3n) is 4.86. The molecule has 2 N–H and O–H groups in total. The zero-order valence-electron chi connectivity index (χ0n) is 15.4. The Labute approximate surface area is 163 Å². The van der Waals surface area contributed by atoms with Gasteiger partial charge in [-0.25, -0.2) is 4.79 Å².